The molecule has 0 saturated heterocycles. The molecule has 0 spiro atoms. The van der Waals surface area contributed by atoms with Crippen molar-refractivity contribution >= 4 is 21.7 Å². The fourth-order valence-electron chi connectivity index (χ4n) is 0.949. The minimum absolute atomic E-state index is 0.406. The summed E-state index contributed by atoms with van der Waals surface area (Å²) in [6.07, 6.45) is 1.56. The van der Waals surface area contributed by atoms with Gasteiger partial charge in [0.1, 0.15) is 5.82 Å². The summed E-state index contributed by atoms with van der Waals surface area (Å²) in [5.41, 5.74) is 5.85. The lowest BCUT2D eigenvalue weighted by atomic mass is 10.3. The standard InChI is InChI=1S/C9H12BrF2N3/c1-6-2-3-14-8(7(6)10)15-5-9(11,12)4-13/h2-3H,4-5,13H2,1H3,(H,14,15). The van der Waals surface area contributed by atoms with Crippen LogP contribution in [-0.4, -0.2) is 24.0 Å². The van der Waals surface area contributed by atoms with Crippen LogP contribution in [0.1, 0.15) is 5.56 Å². The predicted molar refractivity (Wildman–Crippen MR) is 59.2 cm³/mol. The van der Waals surface area contributed by atoms with Gasteiger partial charge in [0.05, 0.1) is 17.6 Å². The van der Waals surface area contributed by atoms with Crippen LogP contribution < -0.4 is 11.1 Å². The smallest absolute Gasteiger partial charge is 0.276 e. The van der Waals surface area contributed by atoms with Crippen LogP contribution in [0.4, 0.5) is 14.6 Å². The number of nitrogens with one attached hydrogen (secondary N) is 1. The van der Waals surface area contributed by atoms with Crippen molar-refractivity contribution in [2.24, 2.45) is 5.73 Å². The van der Waals surface area contributed by atoms with E-state index in [1.165, 1.54) is 0 Å². The molecule has 3 nitrogen and oxygen atoms in total. The van der Waals surface area contributed by atoms with E-state index in [-0.39, 0.29) is 0 Å². The quantitative estimate of drug-likeness (QED) is 0.888. The Balaban J connectivity index is 2.70. The first-order valence-corrected chi connectivity index (χ1v) is 5.18. The second-order valence-electron chi connectivity index (χ2n) is 3.20. The van der Waals surface area contributed by atoms with E-state index in [0.717, 1.165) is 5.56 Å². The Morgan fingerprint density at radius 1 is 1.60 bits per heavy atom. The number of nitrogens with zero attached hydrogens (tertiary/aromatic N) is 1. The molecule has 6 heteroatoms. The van der Waals surface area contributed by atoms with Gasteiger partial charge in [0.15, 0.2) is 0 Å². The second-order valence-corrected chi connectivity index (χ2v) is 4.00. The van der Waals surface area contributed by atoms with Crippen molar-refractivity contribution in [3.63, 3.8) is 0 Å². The van der Waals surface area contributed by atoms with E-state index in [1.54, 1.807) is 12.3 Å². The van der Waals surface area contributed by atoms with Crippen molar-refractivity contribution in [2.75, 3.05) is 18.4 Å². The third kappa shape index (κ3) is 3.39. The summed E-state index contributed by atoms with van der Waals surface area (Å²) in [4.78, 5) is 3.94. The number of nitrogens with two attached hydrogens (primary N) is 1. The number of halogens is 3. The number of alkyl halides is 2. The van der Waals surface area contributed by atoms with Crippen LogP contribution in [0.5, 0.6) is 0 Å². The molecule has 0 aliphatic heterocycles. The summed E-state index contributed by atoms with van der Waals surface area (Å²) in [5, 5.41) is 2.56. The molecule has 0 atom stereocenters. The summed E-state index contributed by atoms with van der Waals surface area (Å²) < 4.78 is 26.4. The topological polar surface area (TPSA) is 50.9 Å². The molecule has 3 N–H and O–H groups in total. The van der Waals surface area contributed by atoms with Crippen molar-refractivity contribution in [1.29, 1.82) is 0 Å². The lowest BCUT2D eigenvalue weighted by molar-refractivity contribution is 0.0253. The Hall–Kier alpha value is -0.750. The third-order valence-corrected chi connectivity index (χ3v) is 2.90. The first-order valence-electron chi connectivity index (χ1n) is 4.39. The van der Waals surface area contributed by atoms with E-state index in [4.69, 9.17) is 5.73 Å². The summed E-state index contributed by atoms with van der Waals surface area (Å²) in [6.45, 7) is 0.667. The molecule has 0 aliphatic carbocycles. The molecule has 0 saturated carbocycles. The molecule has 1 aromatic heterocycles. The number of rotatable bonds is 4. The van der Waals surface area contributed by atoms with Crippen LogP contribution in [0, 0.1) is 6.92 Å². The largest absolute Gasteiger partial charge is 0.363 e. The normalized spacial score (nSPS) is 11.5. The fourth-order valence-corrected chi connectivity index (χ4v) is 1.32. The number of aromatic nitrogens is 1. The van der Waals surface area contributed by atoms with Gasteiger partial charge in [0, 0.05) is 6.20 Å². The zero-order chi connectivity index (χ0) is 11.5. The molecule has 0 aliphatic rings. The van der Waals surface area contributed by atoms with Gasteiger partial charge >= 0.3 is 0 Å². The maximum absolute atomic E-state index is 12.8. The molecule has 84 valence electrons. The molecule has 0 radical (unpaired) electrons. The van der Waals surface area contributed by atoms with Crippen molar-refractivity contribution < 1.29 is 8.78 Å². The number of pyridine rings is 1. The Kier molecular flexibility index (Phi) is 3.98. The lowest BCUT2D eigenvalue weighted by Crippen LogP contribution is -2.35. The van der Waals surface area contributed by atoms with Crippen LogP contribution in [0.25, 0.3) is 0 Å². The Labute approximate surface area is 95.2 Å². The molecular formula is C9H12BrF2N3. The van der Waals surface area contributed by atoms with Gasteiger partial charge in [-0.15, -0.1) is 0 Å². The SMILES string of the molecule is Cc1ccnc(NCC(F)(F)CN)c1Br. The number of anilines is 1. The second kappa shape index (κ2) is 4.85. The molecule has 1 aromatic rings. The average molecular weight is 280 g/mol. The summed E-state index contributed by atoms with van der Waals surface area (Å²) in [5.74, 6) is -2.51. The average Bonchev–Trinajstić information content (AvgIpc) is 2.20. The number of hydrogen-bond donors (Lipinski definition) is 2. The Morgan fingerprint density at radius 2 is 2.27 bits per heavy atom. The highest BCUT2D eigenvalue weighted by Crippen LogP contribution is 2.24. The van der Waals surface area contributed by atoms with Gasteiger partial charge in [-0.3, -0.25) is 0 Å². The monoisotopic (exact) mass is 279 g/mol. The molecule has 0 aromatic carbocycles. The minimum Gasteiger partial charge on any atom is -0.363 e. The highest BCUT2D eigenvalue weighted by atomic mass is 79.9. The Bertz CT molecular complexity index is 344. The van der Waals surface area contributed by atoms with E-state index in [9.17, 15) is 8.78 Å². The fraction of sp³-hybridized carbons (Fsp3) is 0.444. The van der Waals surface area contributed by atoms with Gasteiger partial charge in [0.2, 0.25) is 0 Å². The van der Waals surface area contributed by atoms with E-state index in [0.29, 0.717) is 10.3 Å². The Morgan fingerprint density at radius 3 is 2.87 bits per heavy atom. The number of aryl methyl sites for hydroxylation is 1. The molecule has 15 heavy (non-hydrogen) atoms. The zero-order valence-electron chi connectivity index (χ0n) is 8.23. The lowest BCUT2D eigenvalue weighted by Gasteiger charge is -2.16. The van der Waals surface area contributed by atoms with E-state index < -0.39 is 19.0 Å². The zero-order valence-corrected chi connectivity index (χ0v) is 9.81. The van der Waals surface area contributed by atoms with E-state index in [2.05, 4.69) is 26.2 Å². The van der Waals surface area contributed by atoms with Crippen LogP contribution in [0.2, 0.25) is 0 Å². The van der Waals surface area contributed by atoms with Crippen molar-refractivity contribution in [3.05, 3.63) is 22.3 Å². The maximum atomic E-state index is 12.8. The van der Waals surface area contributed by atoms with Crippen molar-refractivity contribution in [3.8, 4) is 0 Å². The first-order chi connectivity index (χ1) is 6.96. The summed E-state index contributed by atoms with van der Waals surface area (Å²) in [7, 11) is 0. The summed E-state index contributed by atoms with van der Waals surface area (Å²) >= 11 is 3.27. The molecule has 0 unspecified atom stereocenters. The van der Waals surface area contributed by atoms with Crippen LogP contribution in [0.15, 0.2) is 16.7 Å². The molecule has 0 fully saturated rings. The van der Waals surface area contributed by atoms with Crippen LogP contribution in [0.3, 0.4) is 0 Å². The first kappa shape index (κ1) is 12.3. The van der Waals surface area contributed by atoms with E-state index >= 15 is 0 Å². The molecular weight excluding hydrogens is 268 g/mol. The third-order valence-electron chi connectivity index (χ3n) is 1.90. The summed E-state index contributed by atoms with van der Waals surface area (Å²) in [6, 6.07) is 1.79. The molecule has 0 bridgehead atoms. The van der Waals surface area contributed by atoms with Gasteiger partial charge in [-0.05, 0) is 34.5 Å². The van der Waals surface area contributed by atoms with Crippen molar-refractivity contribution in [2.45, 2.75) is 12.8 Å². The van der Waals surface area contributed by atoms with Gasteiger partial charge in [0.25, 0.3) is 5.92 Å². The molecule has 1 heterocycles. The maximum Gasteiger partial charge on any atom is 0.276 e. The molecule has 0 amide bonds. The van der Waals surface area contributed by atoms with Gasteiger partial charge in [-0.1, -0.05) is 0 Å². The van der Waals surface area contributed by atoms with Crippen LogP contribution in [-0.2, 0) is 0 Å². The highest BCUT2D eigenvalue weighted by Gasteiger charge is 2.26. The van der Waals surface area contributed by atoms with Gasteiger partial charge in [-0.2, -0.15) is 0 Å². The highest BCUT2D eigenvalue weighted by molar-refractivity contribution is 9.10. The minimum atomic E-state index is -2.91. The van der Waals surface area contributed by atoms with E-state index in [1.807, 2.05) is 6.92 Å². The van der Waals surface area contributed by atoms with Crippen LogP contribution >= 0.6 is 15.9 Å². The molecule has 1 rings (SSSR count). The van der Waals surface area contributed by atoms with Gasteiger partial charge in [-0.25, -0.2) is 13.8 Å². The van der Waals surface area contributed by atoms with Crippen molar-refractivity contribution in [1.82, 2.24) is 4.98 Å². The number of hydrogen-bond acceptors (Lipinski definition) is 3. The van der Waals surface area contributed by atoms with Gasteiger partial charge < -0.3 is 11.1 Å². The predicted octanol–water partition coefficient (Wildman–Crippen LogP) is 2.16.